The Labute approximate surface area is 332 Å². The number of furan rings is 1. The summed E-state index contributed by atoms with van der Waals surface area (Å²) in [5.74, 6) is 0. The summed E-state index contributed by atoms with van der Waals surface area (Å²) in [5.41, 5.74) is 16.4. The van der Waals surface area contributed by atoms with E-state index in [1.807, 2.05) is 66.9 Å². The van der Waals surface area contributed by atoms with E-state index in [1.165, 1.54) is 33.4 Å². The maximum Gasteiger partial charge on any atom is 0.136 e. The van der Waals surface area contributed by atoms with Crippen molar-refractivity contribution in [3.05, 3.63) is 156 Å². The van der Waals surface area contributed by atoms with Gasteiger partial charge in [-0.1, -0.05) is 83.5 Å². The van der Waals surface area contributed by atoms with E-state index in [1.54, 1.807) is 6.20 Å². The van der Waals surface area contributed by atoms with Crippen LogP contribution in [0.3, 0.4) is 0 Å². The van der Waals surface area contributed by atoms with Crippen molar-refractivity contribution < 1.29 is 24.5 Å². The molecule has 5 heteroatoms. The van der Waals surface area contributed by atoms with Gasteiger partial charge in [0.1, 0.15) is 11.2 Å². The third-order valence-electron chi connectivity index (χ3n) is 10.1. The summed E-state index contributed by atoms with van der Waals surface area (Å²) in [6, 6.07) is 46.4. The van der Waals surface area contributed by atoms with Crippen LogP contribution in [0.4, 0.5) is 11.4 Å². The number of hydrogen-bond acceptors (Lipinski definition) is 4. The van der Waals surface area contributed by atoms with Gasteiger partial charge in [0.25, 0.3) is 0 Å². The average Bonchev–Trinajstić information content (AvgIpc) is 3.53. The van der Waals surface area contributed by atoms with Crippen LogP contribution in [0.1, 0.15) is 58.2 Å². The molecule has 0 aliphatic carbocycles. The van der Waals surface area contributed by atoms with Crippen LogP contribution in [-0.4, -0.2) is 9.97 Å². The molecule has 5 aromatic carbocycles. The van der Waals surface area contributed by atoms with Crippen LogP contribution in [0.15, 0.2) is 132 Å². The molecule has 1 aliphatic rings. The van der Waals surface area contributed by atoms with Crippen molar-refractivity contribution in [1.82, 2.24) is 9.97 Å². The van der Waals surface area contributed by atoms with Gasteiger partial charge in [-0.3, -0.25) is 0 Å². The van der Waals surface area contributed by atoms with Crippen molar-refractivity contribution in [2.75, 3.05) is 5.32 Å². The van der Waals surface area contributed by atoms with Crippen molar-refractivity contribution in [3.63, 3.8) is 0 Å². The Hall–Kier alpha value is -5.35. The largest absolute Gasteiger partial charge is 0.456 e. The Balaban J connectivity index is 0.000000294. The van der Waals surface area contributed by atoms with Gasteiger partial charge >= 0.3 is 0 Å². The Bertz CT molecular complexity index is 2560. The number of pyridine rings is 2. The molecule has 9 rings (SSSR count). The van der Waals surface area contributed by atoms with Gasteiger partial charge in [0, 0.05) is 54.5 Å². The van der Waals surface area contributed by atoms with Crippen LogP contribution in [0, 0.1) is 19.1 Å². The summed E-state index contributed by atoms with van der Waals surface area (Å²) in [6.07, 6.45) is 3.62. The van der Waals surface area contributed by atoms with Crippen LogP contribution in [0.25, 0.3) is 66.7 Å². The maximum atomic E-state index is 6.63. The first-order valence-corrected chi connectivity index (χ1v) is 18.2. The zero-order valence-corrected chi connectivity index (χ0v) is 34.2. The van der Waals surface area contributed by atoms with E-state index in [0.717, 1.165) is 61.4 Å². The summed E-state index contributed by atoms with van der Waals surface area (Å²) in [5, 5.41) is 6.11. The molecule has 0 amide bonds. The van der Waals surface area contributed by atoms with Gasteiger partial charge in [0.2, 0.25) is 0 Å². The molecular weight excluding hydrogens is 839 g/mol. The average molecular weight is 882 g/mol. The number of fused-ring (bicyclic) bond motifs is 10. The monoisotopic (exact) mass is 882 g/mol. The van der Waals surface area contributed by atoms with E-state index >= 15 is 0 Å². The number of nitrogens with one attached hydrogen (secondary N) is 1. The summed E-state index contributed by atoms with van der Waals surface area (Å²) in [4.78, 5) is 8.85. The minimum Gasteiger partial charge on any atom is -0.456 e. The molecule has 54 heavy (non-hydrogen) atoms. The van der Waals surface area contributed by atoms with Crippen LogP contribution < -0.4 is 5.32 Å². The summed E-state index contributed by atoms with van der Waals surface area (Å²) in [6.45, 7) is 15.8. The fourth-order valence-electron chi connectivity index (χ4n) is 7.15. The molecule has 0 unspecified atom stereocenters. The van der Waals surface area contributed by atoms with Gasteiger partial charge in [-0.05, 0) is 105 Å². The van der Waals surface area contributed by atoms with E-state index in [-0.39, 0.29) is 30.9 Å². The predicted molar refractivity (Wildman–Crippen MR) is 221 cm³/mol. The molecule has 2 bridgehead atoms. The number of rotatable bonds is 2. The fourth-order valence-corrected chi connectivity index (χ4v) is 7.15. The number of aromatic nitrogens is 2. The number of benzene rings is 5. The van der Waals surface area contributed by atoms with E-state index in [9.17, 15) is 0 Å². The first kappa shape index (κ1) is 37.0. The molecule has 4 nitrogen and oxygen atoms in total. The van der Waals surface area contributed by atoms with E-state index in [0.29, 0.717) is 0 Å². The summed E-state index contributed by atoms with van der Waals surface area (Å²) >= 11 is 0. The Morgan fingerprint density at radius 2 is 1.26 bits per heavy atom. The molecule has 0 fully saturated rings. The second-order valence-electron chi connectivity index (χ2n) is 15.9. The number of nitrogens with zero attached hydrogens (tertiary/aromatic N) is 2. The molecule has 4 heterocycles. The maximum absolute atomic E-state index is 6.63. The molecule has 8 aromatic rings. The van der Waals surface area contributed by atoms with Crippen molar-refractivity contribution >= 4 is 33.3 Å². The van der Waals surface area contributed by atoms with Gasteiger partial charge in [-0.2, -0.15) is 0 Å². The quantitative estimate of drug-likeness (QED) is 0.176. The third-order valence-corrected chi connectivity index (χ3v) is 10.1. The molecule has 0 saturated carbocycles. The molecule has 1 aliphatic heterocycles. The molecule has 3 aromatic heterocycles. The van der Waals surface area contributed by atoms with Crippen LogP contribution in [0.5, 0.6) is 0 Å². The molecule has 0 atom stereocenters. The van der Waals surface area contributed by atoms with Crippen molar-refractivity contribution in [1.29, 1.82) is 0 Å². The Morgan fingerprint density at radius 1 is 0.593 bits per heavy atom. The Morgan fingerprint density at radius 3 is 1.91 bits per heavy atom. The third kappa shape index (κ3) is 7.02. The van der Waals surface area contributed by atoms with Crippen molar-refractivity contribution in [2.24, 2.45) is 0 Å². The smallest absolute Gasteiger partial charge is 0.136 e. The second kappa shape index (κ2) is 14.5. The van der Waals surface area contributed by atoms with Gasteiger partial charge in [0.05, 0.1) is 0 Å². The van der Waals surface area contributed by atoms with Crippen molar-refractivity contribution in [2.45, 2.75) is 59.3 Å². The van der Waals surface area contributed by atoms with Gasteiger partial charge in [-0.25, -0.2) is 0 Å². The zero-order valence-electron chi connectivity index (χ0n) is 31.8. The number of hydrogen-bond donors (Lipinski definition) is 1. The minimum atomic E-state index is 0. The molecule has 271 valence electrons. The van der Waals surface area contributed by atoms with Gasteiger partial charge < -0.3 is 19.7 Å². The standard InChI is InChI=1S/C38H35N2O.C11H8N.Ir/c1-22-26-21-34-36(29-20-25(38(5,6)7)13-16-33(29)41-34)35(22)28-18-23(30-10-8-9-17-39-30)11-14-32(28)40-31-15-12-24(19-27(26)31)37(2,3)4;1-2-6-10(7-3-1)11-8-4-5-9-12-11;/h8-10,12-21,40H,1-7H3;1-6,8-9H;/q2*-1;. The first-order valence-electron chi connectivity index (χ1n) is 18.2. The fraction of sp³-hybridized carbons (Fsp3) is 0.184. The molecule has 1 radical (unpaired) electrons. The molecule has 0 saturated heterocycles. The van der Waals surface area contributed by atoms with Crippen LogP contribution in [-0.2, 0) is 30.9 Å². The topological polar surface area (TPSA) is 51.0 Å². The minimum absolute atomic E-state index is 0. The van der Waals surface area contributed by atoms with Gasteiger partial charge in [0.15, 0.2) is 0 Å². The van der Waals surface area contributed by atoms with E-state index in [2.05, 4.69) is 130 Å². The summed E-state index contributed by atoms with van der Waals surface area (Å²) < 4.78 is 6.63. The normalized spacial score (nSPS) is 12.0. The SMILES string of the molecule is Cc1c2cc3oc4ccc(C(C)(C)C)cc4c3c1-c1cc(-c3ccccn3)[c-]cc1Nc1ccc(C(C)(C)C)cc1-2.[Ir].[c-]1ccccc1-c1ccccn1. The Kier molecular flexibility index (Phi) is 9.91. The van der Waals surface area contributed by atoms with Gasteiger partial charge in [-0.15, -0.1) is 59.7 Å². The molecule has 1 N–H and O–H groups in total. The van der Waals surface area contributed by atoms with Crippen LogP contribution in [0.2, 0.25) is 0 Å². The first-order chi connectivity index (χ1) is 25.5. The summed E-state index contributed by atoms with van der Waals surface area (Å²) in [7, 11) is 0. The predicted octanol–water partition coefficient (Wildman–Crippen LogP) is 13.3. The van der Waals surface area contributed by atoms with Crippen molar-refractivity contribution in [3.8, 4) is 44.8 Å². The van der Waals surface area contributed by atoms with E-state index < -0.39 is 0 Å². The number of anilines is 2. The molecule has 0 spiro atoms. The second-order valence-corrected chi connectivity index (χ2v) is 15.9. The van der Waals surface area contributed by atoms with E-state index in [4.69, 9.17) is 4.42 Å². The molecular formula is C49H43IrN3O-2. The zero-order chi connectivity index (χ0) is 36.9. The van der Waals surface area contributed by atoms with Crippen LogP contribution >= 0.6 is 0 Å².